The fourth-order valence-electron chi connectivity index (χ4n) is 1.45. The molecule has 1 aromatic rings. The number of benzene rings is 1. The van der Waals surface area contributed by atoms with Crippen LogP contribution in [0.15, 0.2) is 24.3 Å². The molecule has 0 aliphatic rings. The zero-order chi connectivity index (χ0) is 11.1. The van der Waals surface area contributed by atoms with E-state index in [0.717, 1.165) is 24.3 Å². The van der Waals surface area contributed by atoms with E-state index in [-0.39, 0.29) is 0 Å². The molecule has 15 heavy (non-hydrogen) atoms. The molecule has 0 saturated heterocycles. The van der Waals surface area contributed by atoms with Gasteiger partial charge in [0.25, 0.3) is 0 Å². The number of nitriles is 1. The van der Waals surface area contributed by atoms with E-state index in [9.17, 15) is 0 Å². The topological polar surface area (TPSA) is 27.0 Å². The lowest BCUT2D eigenvalue weighted by Crippen LogP contribution is -2.23. The smallest absolute Gasteiger partial charge is 0.0640 e. The highest BCUT2D eigenvalue weighted by atomic mass is 35.5. The van der Waals surface area contributed by atoms with Crippen molar-refractivity contribution in [2.45, 2.75) is 19.2 Å². The van der Waals surface area contributed by atoms with Crippen molar-refractivity contribution in [3.8, 4) is 6.07 Å². The van der Waals surface area contributed by atoms with E-state index >= 15 is 0 Å². The molecule has 2 nitrogen and oxygen atoms in total. The van der Waals surface area contributed by atoms with Crippen molar-refractivity contribution in [3.63, 3.8) is 0 Å². The number of rotatable bonds is 5. The van der Waals surface area contributed by atoms with Crippen LogP contribution in [0.5, 0.6) is 0 Å². The van der Waals surface area contributed by atoms with Crippen LogP contribution >= 0.6 is 11.6 Å². The SMILES string of the molecule is CCN(CCC#N)c1ccc(CCl)cc1. The Balaban J connectivity index is 2.70. The maximum atomic E-state index is 8.55. The molecule has 0 heterocycles. The minimum atomic E-state index is 0.546. The summed E-state index contributed by atoms with van der Waals surface area (Å²) in [5.41, 5.74) is 2.28. The summed E-state index contributed by atoms with van der Waals surface area (Å²) in [4.78, 5) is 2.18. The summed E-state index contributed by atoms with van der Waals surface area (Å²) >= 11 is 5.72. The van der Waals surface area contributed by atoms with Crippen molar-refractivity contribution in [1.29, 1.82) is 5.26 Å². The number of anilines is 1. The molecule has 0 atom stereocenters. The van der Waals surface area contributed by atoms with E-state index in [0.29, 0.717) is 12.3 Å². The first kappa shape index (κ1) is 11.9. The van der Waals surface area contributed by atoms with E-state index in [1.54, 1.807) is 0 Å². The summed E-state index contributed by atoms with van der Waals surface area (Å²) in [6, 6.07) is 10.3. The Bertz CT molecular complexity index is 326. The average Bonchev–Trinajstić information content (AvgIpc) is 2.31. The highest BCUT2D eigenvalue weighted by Crippen LogP contribution is 2.16. The summed E-state index contributed by atoms with van der Waals surface area (Å²) in [5.74, 6) is 0.546. The summed E-state index contributed by atoms with van der Waals surface area (Å²) in [5, 5.41) is 8.55. The van der Waals surface area contributed by atoms with Gasteiger partial charge in [0.2, 0.25) is 0 Å². The molecule has 0 bridgehead atoms. The van der Waals surface area contributed by atoms with Crippen molar-refractivity contribution in [2.24, 2.45) is 0 Å². The van der Waals surface area contributed by atoms with Gasteiger partial charge in [-0.3, -0.25) is 0 Å². The third-order valence-electron chi connectivity index (χ3n) is 2.33. The molecule has 0 spiro atoms. The van der Waals surface area contributed by atoms with Crippen molar-refractivity contribution in [1.82, 2.24) is 0 Å². The number of hydrogen-bond acceptors (Lipinski definition) is 2. The average molecular weight is 223 g/mol. The lowest BCUT2D eigenvalue weighted by molar-refractivity contribution is 0.827. The van der Waals surface area contributed by atoms with Crippen LogP contribution in [0.2, 0.25) is 0 Å². The Morgan fingerprint density at radius 3 is 2.47 bits per heavy atom. The second-order valence-electron chi connectivity index (χ2n) is 3.29. The Kier molecular flexibility index (Phi) is 5.00. The molecule has 0 unspecified atom stereocenters. The van der Waals surface area contributed by atoms with E-state index in [1.165, 1.54) is 0 Å². The predicted octanol–water partition coefficient (Wildman–Crippen LogP) is 3.17. The van der Waals surface area contributed by atoms with Crippen LogP contribution in [-0.4, -0.2) is 13.1 Å². The number of hydrogen-bond donors (Lipinski definition) is 0. The molecule has 0 radical (unpaired) electrons. The van der Waals surface area contributed by atoms with E-state index in [1.807, 2.05) is 12.1 Å². The van der Waals surface area contributed by atoms with Gasteiger partial charge in [-0.15, -0.1) is 11.6 Å². The third-order valence-corrected chi connectivity index (χ3v) is 2.64. The standard InChI is InChI=1S/C12H15ClN2/c1-2-15(9-3-8-14)12-6-4-11(10-13)5-7-12/h4-7H,2-3,9-10H2,1H3. The van der Waals surface area contributed by atoms with Gasteiger partial charge in [-0.2, -0.15) is 5.26 Å². The molecule has 0 amide bonds. The van der Waals surface area contributed by atoms with Crippen molar-refractivity contribution < 1.29 is 0 Å². The Morgan fingerprint density at radius 2 is 2.00 bits per heavy atom. The minimum absolute atomic E-state index is 0.546. The third kappa shape index (κ3) is 3.45. The van der Waals surface area contributed by atoms with Crippen LogP contribution in [0.3, 0.4) is 0 Å². The Morgan fingerprint density at radius 1 is 1.33 bits per heavy atom. The van der Waals surface area contributed by atoms with Crippen molar-refractivity contribution in [3.05, 3.63) is 29.8 Å². The molecule has 3 heteroatoms. The first-order valence-corrected chi connectivity index (χ1v) is 5.62. The van der Waals surface area contributed by atoms with Crippen LogP contribution in [0.1, 0.15) is 18.9 Å². The molecule has 0 saturated carbocycles. The quantitative estimate of drug-likeness (QED) is 0.716. The number of alkyl halides is 1. The molecule has 1 rings (SSSR count). The highest BCUT2D eigenvalue weighted by Gasteiger charge is 2.02. The lowest BCUT2D eigenvalue weighted by Gasteiger charge is -2.21. The van der Waals surface area contributed by atoms with Gasteiger partial charge in [-0.05, 0) is 24.6 Å². The maximum Gasteiger partial charge on any atom is 0.0640 e. The van der Waals surface area contributed by atoms with Gasteiger partial charge < -0.3 is 4.90 Å². The fraction of sp³-hybridized carbons (Fsp3) is 0.417. The molecule has 0 aromatic heterocycles. The van der Waals surface area contributed by atoms with Crippen LogP contribution in [0, 0.1) is 11.3 Å². The maximum absolute atomic E-state index is 8.55. The molecule has 0 fully saturated rings. The second kappa shape index (κ2) is 6.31. The van der Waals surface area contributed by atoms with Crippen LogP contribution in [0.4, 0.5) is 5.69 Å². The predicted molar refractivity (Wildman–Crippen MR) is 64.1 cm³/mol. The van der Waals surface area contributed by atoms with Crippen molar-refractivity contribution >= 4 is 17.3 Å². The van der Waals surface area contributed by atoms with Gasteiger partial charge in [-0.25, -0.2) is 0 Å². The fourth-order valence-corrected chi connectivity index (χ4v) is 1.63. The minimum Gasteiger partial charge on any atom is -0.371 e. The highest BCUT2D eigenvalue weighted by molar-refractivity contribution is 6.17. The monoisotopic (exact) mass is 222 g/mol. The van der Waals surface area contributed by atoms with E-state index in [2.05, 4.69) is 30.0 Å². The van der Waals surface area contributed by atoms with E-state index in [4.69, 9.17) is 16.9 Å². The first-order valence-electron chi connectivity index (χ1n) is 5.08. The first-order chi connectivity index (χ1) is 7.31. The summed E-state index contributed by atoms with van der Waals surface area (Å²) < 4.78 is 0. The zero-order valence-electron chi connectivity index (χ0n) is 8.91. The van der Waals surface area contributed by atoms with Gasteiger partial charge in [0.1, 0.15) is 0 Å². The molecule has 0 aliphatic carbocycles. The Labute approximate surface area is 96.1 Å². The molecule has 80 valence electrons. The van der Waals surface area contributed by atoms with Crippen LogP contribution in [-0.2, 0) is 5.88 Å². The summed E-state index contributed by atoms with van der Waals surface area (Å²) in [6.45, 7) is 3.79. The number of nitrogens with zero attached hydrogens (tertiary/aromatic N) is 2. The van der Waals surface area contributed by atoms with Crippen molar-refractivity contribution in [2.75, 3.05) is 18.0 Å². The lowest BCUT2D eigenvalue weighted by atomic mass is 10.2. The summed E-state index contributed by atoms with van der Waals surface area (Å²) in [6.07, 6.45) is 0.561. The van der Waals surface area contributed by atoms with E-state index < -0.39 is 0 Å². The summed E-state index contributed by atoms with van der Waals surface area (Å²) in [7, 11) is 0. The molecular formula is C12H15ClN2. The molecule has 1 aromatic carbocycles. The van der Waals surface area contributed by atoms with Crippen LogP contribution in [0.25, 0.3) is 0 Å². The number of halogens is 1. The van der Waals surface area contributed by atoms with Crippen LogP contribution < -0.4 is 4.90 Å². The van der Waals surface area contributed by atoms with Gasteiger partial charge >= 0.3 is 0 Å². The Hall–Kier alpha value is -1.20. The largest absolute Gasteiger partial charge is 0.371 e. The van der Waals surface area contributed by atoms with Gasteiger partial charge in [0, 0.05) is 24.7 Å². The van der Waals surface area contributed by atoms with Gasteiger partial charge in [0.05, 0.1) is 12.5 Å². The second-order valence-corrected chi connectivity index (χ2v) is 3.56. The molecule has 0 aliphatic heterocycles. The normalized spacial score (nSPS) is 9.67. The molecular weight excluding hydrogens is 208 g/mol. The zero-order valence-corrected chi connectivity index (χ0v) is 9.67. The molecule has 0 N–H and O–H groups in total. The van der Waals surface area contributed by atoms with Gasteiger partial charge in [0.15, 0.2) is 0 Å². The van der Waals surface area contributed by atoms with Gasteiger partial charge in [-0.1, -0.05) is 12.1 Å².